The van der Waals surface area contributed by atoms with Gasteiger partial charge in [-0.05, 0) is 63.8 Å². The zero-order chi connectivity index (χ0) is 23.9. The predicted molar refractivity (Wildman–Crippen MR) is 117 cm³/mol. The Labute approximate surface area is 190 Å². The van der Waals surface area contributed by atoms with Gasteiger partial charge in [-0.1, -0.05) is 0 Å². The van der Waals surface area contributed by atoms with Gasteiger partial charge >= 0.3 is 6.18 Å². The molecule has 5 atom stereocenters. The summed E-state index contributed by atoms with van der Waals surface area (Å²) in [5.41, 5.74) is 5.22. The fourth-order valence-electron chi connectivity index (χ4n) is 5.33. The van der Waals surface area contributed by atoms with Crippen LogP contribution >= 0.6 is 0 Å². The molecule has 1 aromatic carbocycles. The van der Waals surface area contributed by atoms with E-state index in [2.05, 4.69) is 35.2 Å². The first-order chi connectivity index (χ1) is 15.6. The number of carbonyl (C=O) groups is 1. The Balaban J connectivity index is 1.54. The Bertz CT molecular complexity index is 1050. The van der Waals surface area contributed by atoms with Crippen molar-refractivity contribution in [2.75, 3.05) is 5.32 Å². The number of primary amides is 1. The Morgan fingerprint density at radius 3 is 2.39 bits per heavy atom. The number of hydrogen-bond acceptors (Lipinski definition) is 5. The smallest absolute Gasteiger partial charge is 0.365 e. The van der Waals surface area contributed by atoms with Crippen LogP contribution in [0.15, 0.2) is 30.5 Å². The van der Waals surface area contributed by atoms with Crippen LogP contribution in [0.3, 0.4) is 0 Å². The molecule has 0 bridgehead atoms. The Kier molecular flexibility index (Phi) is 6.10. The monoisotopic (exact) mass is 460 g/mol. The normalized spacial score (nSPS) is 28.1. The van der Waals surface area contributed by atoms with E-state index < -0.39 is 17.6 Å². The molecule has 2 fully saturated rings. The van der Waals surface area contributed by atoms with E-state index in [1.165, 1.54) is 18.3 Å². The summed E-state index contributed by atoms with van der Waals surface area (Å²) in [6.07, 6.45) is 0.637. The van der Waals surface area contributed by atoms with Crippen LogP contribution in [-0.2, 0) is 6.18 Å². The predicted octanol–water partition coefficient (Wildman–Crippen LogP) is 4.46. The Hall–Kier alpha value is -3.06. The topological polar surface area (TPSA) is 100.0 Å². The minimum atomic E-state index is -4.44. The van der Waals surface area contributed by atoms with Gasteiger partial charge in [0.2, 0.25) is 0 Å². The maximum Gasteiger partial charge on any atom is 0.416 e. The summed E-state index contributed by atoms with van der Waals surface area (Å²) in [7, 11) is 0. The number of rotatable bonds is 5. The van der Waals surface area contributed by atoms with Gasteiger partial charge in [-0.25, -0.2) is 0 Å². The molecule has 33 heavy (non-hydrogen) atoms. The van der Waals surface area contributed by atoms with Crippen molar-refractivity contribution < 1.29 is 18.0 Å². The highest BCUT2D eigenvalue weighted by Gasteiger charge is 2.42. The molecule has 0 spiro atoms. The Morgan fingerprint density at radius 1 is 1.18 bits per heavy atom. The van der Waals surface area contributed by atoms with Crippen LogP contribution in [0.1, 0.15) is 61.5 Å². The number of benzene rings is 1. The first kappa shape index (κ1) is 23.1. The molecule has 2 aromatic rings. The first-order valence-corrected chi connectivity index (χ1v) is 11.1. The lowest BCUT2D eigenvalue weighted by Crippen LogP contribution is -2.59. The molecule has 0 unspecified atom stereocenters. The summed E-state index contributed by atoms with van der Waals surface area (Å²) in [6, 6.07) is 8.03. The van der Waals surface area contributed by atoms with E-state index in [0.29, 0.717) is 23.8 Å². The number of halogens is 3. The molecule has 4 rings (SSSR count). The van der Waals surface area contributed by atoms with E-state index in [9.17, 15) is 23.2 Å². The second-order valence-electron chi connectivity index (χ2n) is 9.09. The number of aromatic nitrogens is 2. The molecule has 1 aromatic heterocycles. The van der Waals surface area contributed by atoms with Crippen LogP contribution < -0.4 is 11.1 Å². The van der Waals surface area contributed by atoms with Gasteiger partial charge in [0.05, 0.1) is 23.6 Å². The Morgan fingerprint density at radius 2 is 1.85 bits per heavy atom. The minimum Gasteiger partial charge on any atom is -0.365 e. The van der Waals surface area contributed by atoms with Crippen molar-refractivity contribution in [3.8, 4) is 6.07 Å². The van der Waals surface area contributed by atoms with Crippen molar-refractivity contribution in [2.45, 2.75) is 69.9 Å². The highest BCUT2D eigenvalue weighted by atomic mass is 19.4. The average molecular weight is 461 g/mol. The van der Waals surface area contributed by atoms with Crippen molar-refractivity contribution >= 4 is 17.4 Å². The fourth-order valence-corrected chi connectivity index (χ4v) is 5.33. The fraction of sp³-hybridized carbons (Fsp3) is 0.522. The van der Waals surface area contributed by atoms with Crippen molar-refractivity contribution in [3.05, 3.63) is 41.6 Å². The number of nitrogens with one attached hydrogen (secondary N) is 1. The molecule has 0 radical (unpaired) electrons. The lowest BCUT2D eigenvalue weighted by Gasteiger charge is -2.52. The third-order valence-corrected chi connectivity index (χ3v) is 6.89. The lowest BCUT2D eigenvalue weighted by molar-refractivity contribution is -0.137. The van der Waals surface area contributed by atoms with Crippen molar-refractivity contribution in [3.63, 3.8) is 0 Å². The minimum absolute atomic E-state index is 0.124. The van der Waals surface area contributed by atoms with Crippen LogP contribution in [0.25, 0.3) is 0 Å². The number of hydrogen-bond donors (Lipinski definition) is 2. The van der Waals surface area contributed by atoms with E-state index >= 15 is 0 Å². The van der Waals surface area contributed by atoms with E-state index in [1.54, 1.807) is 4.68 Å². The molecular weight excluding hydrogens is 433 g/mol. The third kappa shape index (κ3) is 4.55. The van der Waals surface area contributed by atoms with E-state index in [0.717, 1.165) is 37.8 Å². The molecule has 7 nitrogen and oxygen atoms in total. The number of anilines is 2. The van der Waals surface area contributed by atoms with Crippen LogP contribution in [0, 0.1) is 17.2 Å². The SMILES string of the molecule is C[C@H]1C[C@H](C)N1[C@@H]1CC[C@H](n2cc(C(N)=O)c(Nc3ccc(C(F)(F)F)cc3)n2)[C@@H](C#N)C1. The second kappa shape index (κ2) is 8.71. The van der Waals surface area contributed by atoms with E-state index in [1.807, 2.05) is 0 Å². The maximum atomic E-state index is 12.8. The summed E-state index contributed by atoms with van der Waals surface area (Å²) in [5.74, 6) is -0.824. The zero-order valence-electron chi connectivity index (χ0n) is 18.5. The summed E-state index contributed by atoms with van der Waals surface area (Å²) in [4.78, 5) is 14.5. The van der Waals surface area contributed by atoms with Gasteiger partial charge < -0.3 is 11.1 Å². The molecule has 1 amide bonds. The number of nitriles is 1. The molecule has 1 saturated carbocycles. The summed E-state index contributed by atoms with van der Waals surface area (Å²) in [6.45, 7) is 4.42. The number of carbonyl (C=O) groups excluding carboxylic acids is 1. The second-order valence-corrected chi connectivity index (χ2v) is 9.09. The van der Waals surface area contributed by atoms with Crippen LogP contribution in [0.5, 0.6) is 0 Å². The maximum absolute atomic E-state index is 12.8. The van der Waals surface area contributed by atoms with Gasteiger partial charge in [0.1, 0.15) is 5.56 Å². The standard InChI is InChI=1S/C23H27F3N6O/c1-13-9-14(2)32(13)18-7-8-20(15(10-18)11-27)31-12-19(21(28)33)22(30-31)29-17-5-3-16(4-6-17)23(24,25)26/h3-6,12-15,18,20H,7-10H2,1-2H3,(H2,28,33)(H,29,30)/t13-,14-,15+,18+,20-/m0/s1. The summed E-state index contributed by atoms with van der Waals surface area (Å²) < 4.78 is 40.1. The zero-order valence-corrected chi connectivity index (χ0v) is 18.5. The lowest BCUT2D eigenvalue weighted by atomic mass is 9.78. The largest absolute Gasteiger partial charge is 0.416 e. The molecule has 1 aliphatic carbocycles. The summed E-state index contributed by atoms with van der Waals surface area (Å²) >= 11 is 0. The summed E-state index contributed by atoms with van der Waals surface area (Å²) in [5, 5.41) is 17.2. The van der Waals surface area contributed by atoms with E-state index in [4.69, 9.17) is 5.73 Å². The molecule has 10 heteroatoms. The number of nitrogens with zero attached hydrogens (tertiary/aromatic N) is 4. The van der Waals surface area contributed by atoms with Gasteiger partial charge in [0.15, 0.2) is 5.82 Å². The van der Waals surface area contributed by atoms with Gasteiger partial charge in [0.25, 0.3) is 5.91 Å². The molecular formula is C23H27F3N6O. The van der Waals surface area contributed by atoms with Gasteiger partial charge in [-0.15, -0.1) is 0 Å². The quantitative estimate of drug-likeness (QED) is 0.686. The van der Waals surface area contributed by atoms with Crippen molar-refractivity contribution in [1.29, 1.82) is 5.26 Å². The molecule has 176 valence electrons. The molecule has 2 aliphatic rings. The first-order valence-electron chi connectivity index (χ1n) is 11.1. The number of alkyl halides is 3. The van der Waals surface area contributed by atoms with Crippen LogP contribution in [0.2, 0.25) is 0 Å². The van der Waals surface area contributed by atoms with E-state index in [-0.39, 0.29) is 23.3 Å². The van der Waals surface area contributed by atoms with Gasteiger partial charge in [0, 0.05) is 30.0 Å². The molecule has 1 saturated heterocycles. The molecule has 3 N–H and O–H groups in total. The van der Waals surface area contributed by atoms with Crippen LogP contribution in [0.4, 0.5) is 24.7 Å². The van der Waals surface area contributed by atoms with Crippen molar-refractivity contribution in [2.24, 2.45) is 11.7 Å². The number of likely N-dealkylation sites (tertiary alicyclic amines) is 1. The van der Waals surface area contributed by atoms with Gasteiger partial charge in [-0.3, -0.25) is 14.4 Å². The van der Waals surface area contributed by atoms with Gasteiger partial charge in [-0.2, -0.15) is 23.5 Å². The number of nitrogens with two attached hydrogens (primary N) is 1. The number of amides is 1. The molecule has 2 heterocycles. The highest BCUT2D eigenvalue weighted by Crippen LogP contribution is 2.41. The molecule has 1 aliphatic heterocycles. The van der Waals surface area contributed by atoms with Crippen molar-refractivity contribution in [1.82, 2.24) is 14.7 Å². The highest BCUT2D eigenvalue weighted by molar-refractivity contribution is 5.98. The third-order valence-electron chi connectivity index (χ3n) is 6.89. The average Bonchev–Trinajstić information content (AvgIpc) is 3.17. The van der Waals surface area contributed by atoms with Crippen LogP contribution in [-0.4, -0.2) is 38.7 Å².